The Morgan fingerprint density at radius 2 is 1.50 bits per heavy atom. The number of para-hydroxylation sites is 1. The lowest BCUT2D eigenvalue weighted by molar-refractivity contribution is 0.0975. The van der Waals surface area contributed by atoms with Crippen LogP contribution in [0.15, 0.2) is 77.2 Å². The molecule has 0 aliphatic heterocycles. The van der Waals surface area contributed by atoms with E-state index in [1.54, 1.807) is 42.5 Å². The van der Waals surface area contributed by atoms with Gasteiger partial charge in [0.05, 0.1) is 10.6 Å². The van der Waals surface area contributed by atoms with E-state index in [1.807, 2.05) is 18.2 Å². The fraction of sp³-hybridized carbons (Fsp3) is 0. The van der Waals surface area contributed by atoms with Crippen molar-refractivity contribution < 1.29 is 14.0 Å². The molecule has 3 aromatic carbocycles. The van der Waals surface area contributed by atoms with E-state index in [0.29, 0.717) is 22.0 Å². The van der Waals surface area contributed by atoms with Crippen molar-refractivity contribution in [1.82, 2.24) is 5.32 Å². The second-order valence-corrected chi connectivity index (χ2v) is 7.96. The Labute approximate surface area is 198 Å². The van der Waals surface area contributed by atoms with E-state index in [9.17, 15) is 9.59 Å². The Kier molecular flexibility index (Phi) is 6.41. The van der Waals surface area contributed by atoms with E-state index in [-0.39, 0.29) is 27.4 Å². The number of anilines is 2. The topological polar surface area (TPSA) is 83.4 Å². The van der Waals surface area contributed by atoms with Crippen LogP contribution in [-0.2, 0) is 0 Å². The van der Waals surface area contributed by atoms with Crippen molar-refractivity contribution in [3.05, 3.63) is 94.2 Å². The minimum Gasteiger partial charge on any atom is -0.451 e. The number of carbonyl (C=O) groups excluding carboxylic acids is 2. The third-order valence-electron chi connectivity index (χ3n) is 4.45. The number of nitrogens with one attached hydrogen (secondary N) is 3. The van der Waals surface area contributed by atoms with Crippen molar-refractivity contribution in [1.29, 1.82) is 0 Å². The van der Waals surface area contributed by atoms with Crippen molar-refractivity contribution in [3.63, 3.8) is 0 Å². The molecule has 9 heteroatoms. The number of benzene rings is 3. The van der Waals surface area contributed by atoms with Crippen LogP contribution in [0.25, 0.3) is 11.0 Å². The molecule has 2 amide bonds. The predicted octanol–water partition coefficient (Wildman–Crippen LogP) is 6.12. The number of thiocarbonyl (C=S) groups is 1. The zero-order valence-electron chi connectivity index (χ0n) is 16.3. The first kappa shape index (κ1) is 21.8. The molecule has 0 saturated heterocycles. The van der Waals surface area contributed by atoms with Crippen LogP contribution >= 0.6 is 35.4 Å². The fourth-order valence-electron chi connectivity index (χ4n) is 2.93. The molecule has 0 spiro atoms. The van der Waals surface area contributed by atoms with Crippen molar-refractivity contribution in [2.75, 3.05) is 10.6 Å². The maximum Gasteiger partial charge on any atom is 0.291 e. The first-order chi connectivity index (χ1) is 15.4. The first-order valence-electron chi connectivity index (χ1n) is 9.36. The summed E-state index contributed by atoms with van der Waals surface area (Å²) >= 11 is 17.1. The van der Waals surface area contributed by atoms with Gasteiger partial charge in [-0.15, -0.1) is 0 Å². The summed E-state index contributed by atoms with van der Waals surface area (Å²) in [6.45, 7) is 0. The highest BCUT2D eigenvalue weighted by Gasteiger charge is 2.14. The van der Waals surface area contributed by atoms with Crippen molar-refractivity contribution in [3.8, 4) is 0 Å². The highest BCUT2D eigenvalue weighted by atomic mass is 35.5. The summed E-state index contributed by atoms with van der Waals surface area (Å²) in [6.07, 6.45) is 0. The Morgan fingerprint density at radius 1 is 0.812 bits per heavy atom. The molecule has 1 aromatic heterocycles. The molecule has 0 aliphatic rings. The van der Waals surface area contributed by atoms with E-state index in [0.717, 1.165) is 5.39 Å². The molecule has 4 aromatic rings. The number of furan rings is 1. The van der Waals surface area contributed by atoms with E-state index in [4.69, 9.17) is 39.8 Å². The van der Waals surface area contributed by atoms with Gasteiger partial charge in [-0.05, 0) is 66.8 Å². The third kappa shape index (κ3) is 5.08. The van der Waals surface area contributed by atoms with Gasteiger partial charge in [0.1, 0.15) is 5.58 Å². The smallest absolute Gasteiger partial charge is 0.291 e. The second kappa shape index (κ2) is 9.40. The van der Waals surface area contributed by atoms with Crippen LogP contribution in [0.4, 0.5) is 11.4 Å². The fourth-order valence-corrected chi connectivity index (χ4v) is 3.63. The van der Waals surface area contributed by atoms with Crippen LogP contribution < -0.4 is 16.0 Å². The van der Waals surface area contributed by atoms with Gasteiger partial charge in [-0.1, -0.05) is 41.4 Å². The van der Waals surface area contributed by atoms with Crippen LogP contribution in [0.3, 0.4) is 0 Å². The van der Waals surface area contributed by atoms with E-state index < -0.39 is 5.91 Å². The molecule has 0 saturated carbocycles. The third-order valence-corrected chi connectivity index (χ3v) is 5.20. The number of hydrogen-bond donors (Lipinski definition) is 3. The van der Waals surface area contributed by atoms with Gasteiger partial charge in [-0.25, -0.2) is 0 Å². The Balaban J connectivity index is 1.35. The number of hydrogen-bond acceptors (Lipinski definition) is 4. The predicted molar refractivity (Wildman–Crippen MR) is 131 cm³/mol. The lowest BCUT2D eigenvalue weighted by Crippen LogP contribution is -2.34. The van der Waals surface area contributed by atoms with Gasteiger partial charge in [-0.3, -0.25) is 14.9 Å². The largest absolute Gasteiger partial charge is 0.451 e. The quantitative estimate of drug-likeness (QED) is 0.304. The summed E-state index contributed by atoms with van der Waals surface area (Å²) < 4.78 is 5.57. The molecule has 1 heterocycles. The van der Waals surface area contributed by atoms with E-state index >= 15 is 0 Å². The van der Waals surface area contributed by atoms with Crippen molar-refractivity contribution in [2.24, 2.45) is 0 Å². The molecular weight excluding hydrogens is 469 g/mol. The lowest BCUT2D eigenvalue weighted by Gasteiger charge is -2.11. The highest BCUT2D eigenvalue weighted by Crippen LogP contribution is 2.22. The maximum atomic E-state index is 12.4. The monoisotopic (exact) mass is 483 g/mol. The molecule has 32 heavy (non-hydrogen) atoms. The zero-order valence-corrected chi connectivity index (χ0v) is 18.6. The second-order valence-electron chi connectivity index (χ2n) is 6.71. The average molecular weight is 484 g/mol. The summed E-state index contributed by atoms with van der Waals surface area (Å²) in [5.74, 6) is -0.596. The van der Waals surface area contributed by atoms with Crippen molar-refractivity contribution >= 4 is 74.7 Å². The van der Waals surface area contributed by atoms with E-state index in [2.05, 4.69) is 16.0 Å². The van der Waals surface area contributed by atoms with Crippen LogP contribution in [-0.4, -0.2) is 16.9 Å². The Hall–Kier alpha value is -3.39. The van der Waals surface area contributed by atoms with Crippen molar-refractivity contribution in [2.45, 2.75) is 0 Å². The molecule has 160 valence electrons. The molecule has 4 rings (SSSR count). The van der Waals surface area contributed by atoms with Gasteiger partial charge in [0.2, 0.25) is 0 Å². The summed E-state index contributed by atoms with van der Waals surface area (Å²) in [5.41, 5.74) is 2.10. The van der Waals surface area contributed by atoms with Crippen LogP contribution in [0.2, 0.25) is 10.0 Å². The molecule has 0 bridgehead atoms. The molecule has 0 atom stereocenters. The summed E-state index contributed by atoms with van der Waals surface area (Å²) in [5, 5.41) is 9.84. The van der Waals surface area contributed by atoms with Gasteiger partial charge in [0.15, 0.2) is 10.9 Å². The molecule has 0 radical (unpaired) electrons. The number of carbonyl (C=O) groups is 2. The molecule has 0 aliphatic carbocycles. The lowest BCUT2D eigenvalue weighted by atomic mass is 10.2. The number of amides is 2. The molecule has 6 nitrogen and oxygen atoms in total. The van der Waals surface area contributed by atoms with Gasteiger partial charge in [0, 0.05) is 21.8 Å². The molecule has 0 unspecified atom stereocenters. The maximum absolute atomic E-state index is 12.4. The highest BCUT2D eigenvalue weighted by molar-refractivity contribution is 7.80. The average Bonchev–Trinajstić information content (AvgIpc) is 3.19. The number of fused-ring (bicyclic) bond motifs is 1. The van der Waals surface area contributed by atoms with Gasteiger partial charge in [0.25, 0.3) is 11.8 Å². The van der Waals surface area contributed by atoms with E-state index in [1.165, 1.54) is 12.1 Å². The van der Waals surface area contributed by atoms with Gasteiger partial charge in [-0.2, -0.15) is 0 Å². The minimum absolute atomic E-state index is 0.0973. The minimum atomic E-state index is -0.459. The summed E-state index contributed by atoms with van der Waals surface area (Å²) in [4.78, 5) is 24.8. The van der Waals surface area contributed by atoms with Crippen LogP contribution in [0, 0.1) is 0 Å². The van der Waals surface area contributed by atoms with Crippen LogP contribution in [0.1, 0.15) is 20.9 Å². The van der Waals surface area contributed by atoms with Crippen LogP contribution in [0.5, 0.6) is 0 Å². The number of rotatable bonds is 4. The molecule has 3 N–H and O–H groups in total. The molecular formula is C23H15Cl2N3O3S. The Morgan fingerprint density at radius 3 is 2.19 bits per heavy atom. The molecule has 0 fully saturated rings. The van der Waals surface area contributed by atoms with Gasteiger partial charge >= 0.3 is 0 Å². The summed E-state index contributed by atoms with van der Waals surface area (Å²) in [6, 6.07) is 20.5. The Bertz CT molecular complexity index is 1300. The van der Waals surface area contributed by atoms with Gasteiger partial charge < -0.3 is 15.1 Å². The summed E-state index contributed by atoms with van der Waals surface area (Å²) in [7, 11) is 0. The standard InChI is InChI=1S/C23H15Cl2N3O3S/c24-14-5-10-17(18(25)12-14)21(29)28-23(32)27-16-8-6-15(7-9-16)26-22(30)20-11-13-3-1-2-4-19(13)31-20/h1-12H,(H,26,30)(H2,27,28,29,32). The first-order valence-corrected chi connectivity index (χ1v) is 10.5. The zero-order chi connectivity index (χ0) is 22.7. The SMILES string of the molecule is O=C(Nc1ccc(NC(=S)NC(=O)c2ccc(Cl)cc2Cl)cc1)c1cc2ccccc2o1. The normalized spacial score (nSPS) is 10.6. The number of halogens is 2.